The molecule has 1 rings (SSSR count). The number of aryl methyl sites for hydroxylation is 1. The Kier molecular flexibility index (Phi) is 3.35. The quantitative estimate of drug-likeness (QED) is 0.735. The molecule has 0 aliphatic carbocycles. The van der Waals surface area contributed by atoms with Crippen LogP contribution in [-0.2, 0) is 6.42 Å². The normalized spacial score (nSPS) is 9.29. The zero-order valence-corrected chi connectivity index (χ0v) is 8.63. The van der Waals surface area contributed by atoms with Crippen molar-refractivity contribution in [1.82, 2.24) is 0 Å². The van der Waals surface area contributed by atoms with Crippen LogP contribution < -0.4 is 9.47 Å². The lowest BCUT2D eigenvalue weighted by Gasteiger charge is -2.10. The number of nitriles is 1. The lowest BCUT2D eigenvalue weighted by atomic mass is 10.1. The van der Waals surface area contributed by atoms with E-state index in [-0.39, 0.29) is 0 Å². The fourth-order valence-electron chi connectivity index (χ4n) is 1.31. The van der Waals surface area contributed by atoms with E-state index < -0.39 is 0 Å². The van der Waals surface area contributed by atoms with Crippen molar-refractivity contribution in [1.29, 1.82) is 5.26 Å². The molecule has 74 valence electrons. The van der Waals surface area contributed by atoms with E-state index in [1.807, 2.05) is 19.1 Å². The van der Waals surface area contributed by atoms with Gasteiger partial charge >= 0.3 is 0 Å². The third kappa shape index (κ3) is 1.80. The highest BCUT2D eigenvalue weighted by Gasteiger charge is 2.10. The summed E-state index contributed by atoms with van der Waals surface area (Å²) in [6.07, 6.45) is 0.870. The topological polar surface area (TPSA) is 42.2 Å². The minimum Gasteiger partial charge on any atom is -0.493 e. The van der Waals surface area contributed by atoms with Crippen molar-refractivity contribution < 1.29 is 9.47 Å². The molecule has 0 bridgehead atoms. The maximum atomic E-state index is 8.90. The number of nitrogens with zero attached hydrogens (tertiary/aromatic N) is 1. The highest BCUT2D eigenvalue weighted by Crippen LogP contribution is 2.32. The standard InChI is InChI=1S/C11H13NO2/c1-4-8-5-9(7-12)11(14-3)10(6-8)13-2/h5-6H,4H2,1-3H3. The summed E-state index contributed by atoms with van der Waals surface area (Å²) in [4.78, 5) is 0. The van der Waals surface area contributed by atoms with Crippen molar-refractivity contribution >= 4 is 0 Å². The molecule has 3 heteroatoms. The predicted octanol–water partition coefficient (Wildman–Crippen LogP) is 2.14. The van der Waals surface area contributed by atoms with Crippen molar-refractivity contribution in [2.24, 2.45) is 0 Å². The number of rotatable bonds is 3. The van der Waals surface area contributed by atoms with E-state index in [1.54, 1.807) is 7.11 Å². The van der Waals surface area contributed by atoms with Crippen LogP contribution in [-0.4, -0.2) is 14.2 Å². The molecule has 0 heterocycles. The average molecular weight is 191 g/mol. The number of ether oxygens (including phenoxy) is 2. The minimum atomic E-state index is 0.507. The van der Waals surface area contributed by atoms with Gasteiger partial charge in [0, 0.05) is 0 Å². The molecule has 0 unspecified atom stereocenters. The van der Waals surface area contributed by atoms with Gasteiger partial charge in [-0.2, -0.15) is 5.26 Å². The molecule has 0 radical (unpaired) electrons. The van der Waals surface area contributed by atoms with Crippen LogP contribution in [0.4, 0.5) is 0 Å². The van der Waals surface area contributed by atoms with Crippen LogP contribution >= 0.6 is 0 Å². The lowest BCUT2D eigenvalue weighted by Crippen LogP contribution is -1.95. The van der Waals surface area contributed by atoms with Crippen LogP contribution in [0.2, 0.25) is 0 Å². The van der Waals surface area contributed by atoms with E-state index in [0.29, 0.717) is 17.1 Å². The zero-order chi connectivity index (χ0) is 10.6. The average Bonchev–Trinajstić information content (AvgIpc) is 2.26. The Hall–Kier alpha value is -1.69. The van der Waals surface area contributed by atoms with E-state index in [4.69, 9.17) is 14.7 Å². The largest absolute Gasteiger partial charge is 0.493 e. The highest BCUT2D eigenvalue weighted by atomic mass is 16.5. The van der Waals surface area contributed by atoms with Crippen LogP contribution in [0.25, 0.3) is 0 Å². The van der Waals surface area contributed by atoms with Crippen molar-refractivity contribution in [3.63, 3.8) is 0 Å². The monoisotopic (exact) mass is 191 g/mol. The molecule has 0 aliphatic rings. The molecule has 1 aromatic carbocycles. The Bertz CT molecular complexity index is 366. The fraction of sp³-hybridized carbons (Fsp3) is 0.364. The van der Waals surface area contributed by atoms with Gasteiger partial charge in [-0.15, -0.1) is 0 Å². The Labute approximate surface area is 83.9 Å². The lowest BCUT2D eigenvalue weighted by molar-refractivity contribution is 0.353. The number of benzene rings is 1. The first-order valence-electron chi connectivity index (χ1n) is 4.41. The van der Waals surface area contributed by atoms with Gasteiger partial charge in [0.25, 0.3) is 0 Å². The Balaban J connectivity index is 3.34. The summed E-state index contributed by atoms with van der Waals surface area (Å²) in [5, 5.41) is 8.90. The van der Waals surface area contributed by atoms with Crippen molar-refractivity contribution in [3.8, 4) is 17.6 Å². The van der Waals surface area contributed by atoms with Gasteiger partial charge in [0.15, 0.2) is 11.5 Å². The molecule has 0 fully saturated rings. The smallest absolute Gasteiger partial charge is 0.178 e. The summed E-state index contributed by atoms with van der Waals surface area (Å²) in [7, 11) is 3.10. The molecule has 0 atom stereocenters. The summed E-state index contributed by atoms with van der Waals surface area (Å²) in [5.74, 6) is 1.12. The van der Waals surface area contributed by atoms with Gasteiger partial charge in [-0.25, -0.2) is 0 Å². The maximum absolute atomic E-state index is 8.90. The Morgan fingerprint density at radius 2 is 2.00 bits per heavy atom. The van der Waals surface area contributed by atoms with Crippen molar-refractivity contribution in [2.45, 2.75) is 13.3 Å². The molecular formula is C11H13NO2. The number of methoxy groups -OCH3 is 2. The van der Waals surface area contributed by atoms with E-state index in [0.717, 1.165) is 12.0 Å². The first kappa shape index (κ1) is 10.4. The molecule has 0 aromatic heterocycles. The van der Waals surface area contributed by atoms with Gasteiger partial charge in [-0.3, -0.25) is 0 Å². The summed E-state index contributed by atoms with van der Waals surface area (Å²) in [6.45, 7) is 2.03. The van der Waals surface area contributed by atoms with Crippen molar-refractivity contribution in [2.75, 3.05) is 14.2 Å². The van der Waals surface area contributed by atoms with Gasteiger partial charge in [0.05, 0.1) is 19.8 Å². The third-order valence-electron chi connectivity index (χ3n) is 2.07. The minimum absolute atomic E-state index is 0.507. The van der Waals surface area contributed by atoms with Crippen molar-refractivity contribution in [3.05, 3.63) is 23.3 Å². The Morgan fingerprint density at radius 3 is 2.43 bits per heavy atom. The molecular weight excluding hydrogens is 178 g/mol. The van der Waals surface area contributed by atoms with E-state index >= 15 is 0 Å². The molecule has 0 saturated carbocycles. The maximum Gasteiger partial charge on any atom is 0.178 e. The molecule has 0 aliphatic heterocycles. The second-order valence-electron chi connectivity index (χ2n) is 2.84. The first-order chi connectivity index (χ1) is 6.76. The molecule has 14 heavy (non-hydrogen) atoms. The molecule has 0 amide bonds. The summed E-state index contributed by atoms with van der Waals surface area (Å²) in [5.41, 5.74) is 1.59. The van der Waals surface area contributed by atoms with Crippen LogP contribution in [0.3, 0.4) is 0 Å². The number of hydrogen-bond donors (Lipinski definition) is 0. The molecule has 0 spiro atoms. The van der Waals surface area contributed by atoms with E-state index in [2.05, 4.69) is 6.07 Å². The van der Waals surface area contributed by atoms with Crippen LogP contribution in [0.1, 0.15) is 18.1 Å². The van der Waals surface area contributed by atoms with Gasteiger partial charge < -0.3 is 9.47 Å². The summed E-state index contributed by atoms with van der Waals surface area (Å²) >= 11 is 0. The zero-order valence-electron chi connectivity index (χ0n) is 8.63. The summed E-state index contributed by atoms with van der Waals surface area (Å²) < 4.78 is 10.3. The van der Waals surface area contributed by atoms with Gasteiger partial charge in [-0.05, 0) is 24.1 Å². The molecule has 1 aromatic rings. The summed E-state index contributed by atoms with van der Waals surface area (Å²) in [6, 6.07) is 5.80. The fourth-order valence-corrected chi connectivity index (χ4v) is 1.31. The van der Waals surface area contributed by atoms with Gasteiger partial charge in [0.2, 0.25) is 0 Å². The SMILES string of the molecule is CCc1cc(C#N)c(OC)c(OC)c1. The van der Waals surface area contributed by atoms with Crippen LogP contribution in [0, 0.1) is 11.3 Å². The van der Waals surface area contributed by atoms with E-state index in [1.165, 1.54) is 7.11 Å². The predicted molar refractivity (Wildman–Crippen MR) is 53.6 cm³/mol. The van der Waals surface area contributed by atoms with Gasteiger partial charge in [0.1, 0.15) is 6.07 Å². The molecule has 0 saturated heterocycles. The second kappa shape index (κ2) is 4.52. The first-order valence-corrected chi connectivity index (χ1v) is 4.41. The molecule has 0 N–H and O–H groups in total. The van der Waals surface area contributed by atoms with Gasteiger partial charge in [-0.1, -0.05) is 6.92 Å². The van der Waals surface area contributed by atoms with Crippen LogP contribution in [0.5, 0.6) is 11.5 Å². The molecule has 3 nitrogen and oxygen atoms in total. The third-order valence-corrected chi connectivity index (χ3v) is 2.07. The highest BCUT2D eigenvalue weighted by molar-refractivity contribution is 5.54. The Morgan fingerprint density at radius 1 is 1.29 bits per heavy atom. The second-order valence-corrected chi connectivity index (χ2v) is 2.84. The van der Waals surface area contributed by atoms with Crippen LogP contribution in [0.15, 0.2) is 12.1 Å². The van der Waals surface area contributed by atoms with E-state index in [9.17, 15) is 0 Å². The number of hydrogen-bond acceptors (Lipinski definition) is 3.